The summed E-state index contributed by atoms with van der Waals surface area (Å²) < 4.78 is 0. The fourth-order valence-electron chi connectivity index (χ4n) is 1.34. The van der Waals surface area contributed by atoms with Gasteiger partial charge < -0.3 is 5.32 Å². The molecular weight excluding hydrogens is 166 g/mol. The summed E-state index contributed by atoms with van der Waals surface area (Å²) in [6, 6.07) is 0. The van der Waals surface area contributed by atoms with Crippen LogP contribution < -0.4 is 5.32 Å². The van der Waals surface area contributed by atoms with Gasteiger partial charge in [-0.3, -0.25) is 0 Å². The molecule has 0 amide bonds. The van der Waals surface area contributed by atoms with Gasteiger partial charge in [0, 0.05) is 0 Å². The Morgan fingerprint density at radius 1 is 1.25 bits per heavy atom. The second-order valence-electron chi connectivity index (χ2n) is 3.41. The van der Waals surface area contributed by atoms with Crippen molar-refractivity contribution in [2.45, 2.75) is 39.0 Å². The molecule has 0 aliphatic carbocycles. The van der Waals surface area contributed by atoms with Crippen LogP contribution in [-0.4, -0.2) is 19.3 Å². The van der Waals surface area contributed by atoms with Crippen LogP contribution in [0.1, 0.15) is 39.0 Å². The predicted molar refractivity (Wildman–Crippen MR) is 60.0 cm³/mol. The SMILES string of the molecule is CCC(CS)CCCCCNC. The third-order valence-electron chi connectivity index (χ3n) is 2.37. The second kappa shape index (κ2) is 9.40. The Kier molecular flexibility index (Phi) is 9.64. The molecule has 2 heteroatoms. The molecule has 0 heterocycles. The van der Waals surface area contributed by atoms with E-state index in [1.807, 2.05) is 7.05 Å². The van der Waals surface area contributed by atoms with Gasteiger partial charge in [0.15, 0.2) is 0 Å². The number of rotatable bonds is 8. The lowest BCUT2D eigenvalue weighted by atomic mass is 10.0. The molecule has 0 aromatic carbocycles. The molecule has 0 spiro atoms. The van der Waals surface area contributed by atoms with Crippen LogP contribution in [0.5, 0.6) is 0 Å². The minimum Gasteiger partial charge on any atom is -0.320 e. The van der Waals surface area contributed by atoms with E-state index < -0.39 is 0 Å². The van der Waals surface area contributed by atoms with E-state index >= 15 is 0 Å². The molecule has 0 aliphatic rings. The van der Waals surface area contributed by atoms with Crippen molar-refractivity contribution in [2.24, 2.45) is 5.92 Å². The zero-order valence-corrected chi connectivity index (χ0v) is 9.37. The fraction of sp³-hybridized carbons (Fsp3) is 1.00. The van der Waals surface area contributed by atoms with Crippen LogP contribution in [0.2, 0.25) is 0 Å². The molecule has 1 N–H and O–H groups in total. The van der Waals surface area contributed by atoms with E-state index in [0.717, 1.165) is 18.2 Å². The number of hydrogen-bond donors (Lipinski definition) is 2. The maximum Gasteiger partial charge on any atom is -0.00519 e. The summed E-state index contributed by atoms with van der Waals surface area (Å²) >= 11 is 4.33. The number of unbranched alkanes of at least 4 members (excludes halogenated alkanes) is 2. The van der Waals surface area contributed by atoms with Gasteiger partial charge >= 0.3 is 0 Å². The van der Waals surface area contributed by atoms with Crippen LogP contribution in [0.4, 0.5) is 0 Å². The molecule has 0 fully saturated rings. The van der Waals surface area contributed by atoms with Crippen molar-refractivity contribution >= 4 is 12.6 Å². The summed E-state index contributed by atoms with van der Waals surface area (Å²) in [6.07, 6.45) is 6.71. The molecule has 0 aromatic rings. The zero-order valence-electron chi connectivity index (χ0n) is 8.47. The standard InChI is InChI=1S/C10H23NS/c1-3-10(9-12)7-5-4-6-8-11-2/h10-12H,3-9H2,1-2H3. The van der Waals surface area contributed by atoms with E-state index in [1.54, 1.807) is 0 Å². The normalized spacial score (nSPS) is 13.2. The average molecular weight is 189 g/mol. The summed E-state index contributed by atoms with van der Waals surface area (Å²) in [5, 5.41) is 3.17. The van der Waals surface area contributed by atoms with E-state index in [1.165, 1.54) is 32.1 Å². The van der Waals surface area contributed by atoms with Gasteiger partial charge in [0.2, 0.25) is 0 Å². The maximum atomic E-state index is 4.33. The Labute approximate surface area is 82.7 Å². The first-order chi connectivity index (χ1) is 5.85. The van der Waals surface area contributed by atoms with Gasteiger partial charge in [0.05, 0.1) is 0 Å². The van der Waals surface area contributed by atoms with Gasteiger partial charge in [-0.25, -0.2) is 0 Å². The van der Waals surface area contributed by atoms with Crippen LogP contribution in [0.15, 0.2) is 0 Å². The predicted octanol–water partition coefficient (Wildman–Crippen LogP) is 2.72. The first-order valence-corrected chi connectivity index (χ1v) is 5.73. The van der Waals surface area contributed by atoms with Crippen molar-refractivity contribution in [1.82, 2.24) is 5.32 Å². The molecular formula is C10H23NS. The first-order valence-electron chi connectivity index (χ1n) is 5.10. The largest absolute Gasteiger partial charge is 0.320 e. The van der Waals surface area contributed by atoms with E-state index in [2.05, 4.69) is 24.9 Å². The van der Waals surface area contributed by atoms with Crippen LogP contribution in [0.3, 0.4) is 0 Å². The van der Waals surface area contributed by atoms with Crippen LogP contribution in [-0.2, 0) is 0 Å². The number of hydrogen-bond acceptors (Lipinski definition) is 2. The minimum atomic E-state index is 0.850. The molecule has 0 saturated carbocycles. The topological polar surface area (TPSA) is 12.0 Å². The van der Waals surface area contributed by atoms with Gasteiger partial charge in [-0.15, -0.1) is 0 Å². The van der Waals surface area contributed by atoms with Crippen LogP contribution >= 0.6 is 12.6 Å². The molecule has 1 unspecified atom stereocenters. The Morgan fingerprint density at radius 3 is 2.50 bits per heavy atom. The molecule has 0 saturated heterocycles. The monoisotopic (exact) mass is 189 g/mol. The molecule has 12 heavy (non-hydrogen) atoms. The van der Waals surface area contributed by atoms with Crippen molar-refractivity contribution in [3.05, 3.63) is 0 Å². The Balaban J connectivity index is 3.06. The van der Waals surface area contributed by atoms with Crippen LogP contribution in [0.25, 0.3) is 0 Å². The number of nitrogens with one attached hydrogen (secondary N) is 1. The molecule has 74 valence electrons. The fourth-order valence-corrected chi connectivity index (χ4v) is 1.78. The highest BCUT2D eigenvalue weighted by Crippen LogP contribution is 2.14. The van der Waals surface area contributed by atoms with E-state index in [-0.39, 0.29) is 0 Å². The highest BCUT2D eigenvalue weighted by atomic mass is 32.1. The molecule has 0 aromatic heterocycles. The molecule has 0 bridgehead atoms. The van der Waals surface area contributed by atoms with Crippen molar-refractivity contribution in [1.29, 1.82) is 0 Å². The molecule has 0 radical (unpaired) electrons. The van der Waals surface area contributed by atoms with E-state index in [4.69, 9.17) is 0 Å². The summed E-state index contributed by atoms with van der Waals surface area (Å²) in [5.41, 5.74) is 0. The minimum absolute atomic E-state index is 0.850. The Bertz CT molecular complexity index is 81.9. The Morgan fingerprint density at radius 2 is 2.00 bits per heavy atom. The zero-order chi connectivity index (χ0) is 9.23. The summed E-state index contributed by atoms with van der Waals surface area (Å²) in [4.78, 5) is 0. The molecule has 0 aliphatic heterocycles. The van der Waals surface area contributed by atoms with E-state index in [9.17, 15) is 0 Å². The number of thiol groups is 1. The summed E-state index contributed by atoms with van der Waals surface area (Å²) in [7, 11) is 2.02. The van der Waals surface area contributed by atoms with Gasteiger partial charge in [-0.05, 0) is 38.1 Å². The molecule has 1 nitrogen and oxygen atoms in total. The van der Waals surface area contributed by atoms with Crippen LogP contribution in [0, 0.1) is 5.92 Å². The smallest absolute Gasteiger partial charge is 0.00519 e. The van der Waals surface area contributed by atoms with Gasteiger partial charge in [-0.2, -0.15) is 12.6 Å². The van der Waals surface area contributed by atoms with Gasteiger partial charge in [0.25, 0.3) is 0 Å². The second-order valence-corrected chi connectivity index (χ2v) is 3.77. The highest BCUT2D eigenvalue weighted by molar-refractivity contribution is 7.80. The van der Waals surface area contributed by atoms with E-state index in [0.29, 0.717) is 0 Å². The Hall–Kier alpha value is 0.310. The van der Waals surface area contributed by atoms with Crippen molar-refractivity contribution < 1.29 is 0 Å². The summed E-state index contributed by atoms with van der Waals surface area (Å²) in [5.74, 6) is 1.91. The first kappa shape index (κ1) is 12.3. The summed E-state index contributed by atoms with van der Waals surface area (Å²) in [6.45, 7) is 3.42. The molecule has 0 rings (SSSR count). The van der Waals surface area contributed by atoms with Crippen molar-refractivity contribution in [3.63, 3.8) is 0 Å². The lowest BCUT2D eigenvalue weighted by Gasteiger charge is -2.10. The maximum absolute atomic E-state index is 4.33. The average Bonchev–Trinajstić information content (AvgIpc) is 2.11. The van der Waals surface area contributed by atoms with Crippen molar-refractivity contribution in [3.8, 4) is 0 Å². The third kappa shape index (κ3) is 6.99. The quantitative estimate of drug-likeness (QED) is 0.442. The third-order valence-corrected chi connectivity index (χ3v) is 2.89. The lowest BCUT2D eigenvalue weighted by molar-refractivity contribution is 0.484. The van der Waals surface area contributed by atoms with Gasteiger partial charge in [-0.1, -0.05) is 26.2 Å². The van der Waals surface area contributed by atoms with Gasteiger partial charge in [0.1, 0.15) is 0 Å². The highest BCUT2D eigenvalue weighted by Gasteiger charge is 2.02. The lowest BCUT2D eigenvalue weighted by Crippen LogP contribution is -2.07. The van der Waals surface area contributed by atoms with Crippen molar-refractivity contribution in [2.75, 3.05) is 19.3 Å². The molecule has 1 atom stereocenters.